The molecule has 1 atom stereocenters. The molecule has 0 N–H and O–H groups in total. The molecule has 2 aliphatic rings. The van der Waals surface area contributed by atoms with Gasteiger partial charge in [-0.05, 0) is 24.6 Å². The number of amides is 1. The monoisotopic (exact) mass is 362 g/mol. The predicted molar refractivity (Wildman–Crippen MR) is 94.8 cm³/mol. The zero-order chi connectivity index (χ0) is 17.3. The molecule has 3 rings (SSSR count). The van der Waals surface area contributed by atoms with Gasteiger partial charge in [-0.25, -0.2) is 9.79 Å². The van der Waals surface area contributed by atoms with Crippen LogP contribution in [0.1, 0.15) is 18.5 Å². The Kier molecular flexibility index (Phi) is 4.78. The summed E-state index contributed by atoms with van der Waals surface area (Å²) in [5, 5.41) is 1.19. The third-order valence-corrected chi connectivity index (χ3v) is 4.91. The number of thioether (sulfide) groups is 1. The van der Waals surface area contributed by atoms with Gasteiger partial charge in [0.1, 0.15) is 6.61 Å². The highest BCUT2D eigenvalue weighted by Gasteiger charge is 2.43. The van der Waals surface area contributed by atoms with Crippen molar-refractivity contribution < 1.29 is 14.3 Å². The van der Waals surface area contributed by atoms with Crippen LogP contribution >= 0.6 is 23.4 Å². The van der Waals surface area contributed by atoms with Crippen molar-refractivity contribution in [1.29, 1.82) is 0 Å². The average Bonchev–Trinajstić information content (AvgIpc) is 2.93. The van der Waals surface area contributed by atoms with Crippen LogP contribution in [0.3, 0.4) is 0 Å². The molecule has 1 aromatic carbocycles. The average molecular weight is 363 g/mol. The molecular weight excluding hydrogens is 348 g/mol. The minimum atomic E-state index is -0.561. The fourth-order valence-electron chi connectivity index (χ4n) is 2.68. The molecule has 1 unspecified atom stereocenters. The van der Waals surface area contributed by atoms with Gasteiger partial charge in [-0.1, -0.05) is 48.2 Å². The molecular formula is C17H15ClN2O3S. The second kappa shape index (κ2) is 6.83. The van der Waals surface area contributed by atoms with Crippen molar-refractivity contribution in [2.75, 3.05) is 12.4 Å². The Balaban J connectivity index is 2.09. The first-order valence-corrected chi connectivity index (χ1v) is 8.67. The largest absolute Gasteiger partial charge is 0.458 e. The van der Waals surface area contributed by atoms with Gasteiger partial charge in [0.15, 0.2) is 5.17 Å². The molecule has 1 aromatic rings. The molecule has 2 aliphatic heterocycles. The normalized spacial score (nSPS) is 19.9. The van der Waals surface area contributed by atoms with E-state index in [1.807, 2.05) is 0 Å². The van der Waals surface area contributed by atoms with E-state index in [2.05, 4.69) is 11.6 Å². The van der Waals surface area contributed by atoms with Gasteiger partial charge in [0.05, 0.1) is 23.1 Å². The number of fused-ring (bicyclic) bond motifs is 1. The van der Waals surface area contributed by atoms with E-state index in [1.165, 1.54) is 17.8 Å². The summed E-state index contributed by atoms with van der Waals surface area (Å²) in [5.74, 6) is -0.273. The predicted octanol–water partition coefficient (Wildman–Crippen LogP) is 3.33. The molecule has 7 heteroatoms. The van der Waals surface area contributed by atoms with Crippen molar-refractivity contribution >= 4 is 40.4 Å². The number of rotatable bonds is 4. The van der Waals surface area contributed by atoms with E-state index >= 15 is 0 Å². The maximum absolute atomic E-state index is 12.5. The second-order valence-corrected chi connectivity index (χ2v) is 6.67. The number of carbonyl (C=O) groups excluding carboxylic acids is 2. The Labute approximate surface area is 149 Å². The minimum absolute atomic E-state index is 0.0831. The van der Waals surface area contributed by atoms with Crippen LogP contribution in [0, 0.1) is 0 Å². The highest BCUT2D eigenvalue weighted by Crippen LogP contribution is 2.41. The number of hydrogen-bond donors (Lipinski definition) is 0. The highest BCUT2D eigenvalue weighted by atomic mass is 35.5. The third kappa shape index (κ3) is 2.99. The van der Waals surface area contributed by atoms with Crippen molar-refractivity contribution in [2.24, 2.45) is 4.99 Å². The first-order chi connectivity index (χ1) is 11.5. The number of halogens is 1. The van der Waals surface area contributed by atoms with Crippen molar-refractivity contribution in [3.8, 4) is 0 Å². The summed E-state index contributed by atoms with van der Waals surface area (Å²) >= 11 is 7.33. The van der Waals surface area contributed by atoms with Gasteiger partial charge in [0, 0.05) is 5.02 Å². The maximum atomic E-state index is 12.5. The molecule has 0 radical (unpaired) electrons. The minimum Gasteiger partial charge on any atom is -0.458 e. The van der Waals surface area contributed by atoms with Crippen LogP contribution in [-0.4, -0.2) is 34.3 Å². The standard InChI is InChI=1S/C17H15ClN2O3S/c1-3-8-23-16(22)14-10(2)19-17-20(13(21)9-24-17)15(14)11-4-6-12(18)7-5-11/h3-7,15H,1,8-9H2,2H3. The Morgan fingerprint density at radius 3 is 2.88 bits per heavy atom. The summed E-state index contributed by atoms with van der Waals surface area (Å²) in [5.41, 5.74) is 1.70. The van der Waals surface area contributed by atoms with Gasteiger partial charge in [0.25, 0.3) is 0 Å². The van der Waals surface area contributed by atoms with E-state index in [9.17, 15) is 9.59 Å². The molecule has 0 aromatic heterocycles. The summed E-state index contributed by atoms with van der Waals surface area (Å²) in [6, 6.07) is 6.52. The molecule has 5 nitrogen and oxygen atoms in total. The lowest BCUT2D eigenvalue weighted by Crippen LogP contribution is -2.39. The van der Waals surface area contributed by atoms with Crippen molar-refractivity contribution in [3.63, 3.8) is 0 Å². The number of hydrogen-bond acceptors (Lipinski definition) is 5. The van der Waals surface area contributed by atoms with Crippen molar-refractivity contribution in [2.45, 2.75) is 13.0 Å². The van der Waals surface area contributed by atoms with Gasteiger partial charge in [-0.2, -0.15) is 0 Å². The van der Waals surface area contributed by atoms with Crippen LogP contribution in [0.5, 0.6) is 0 Å². The maximum Gasteiger partial charge on any atom is 0.338 e. The lowest BCUT2D eigenvalue weighted by molar-refractivity contribution is -0.138. The molecule has 1 amide bonds. The topological polar surface area (TPSA) is 59.0 Å². The molecule has 0 spiro atoms. The summed E-state index contributed by atoms with van der Waals surface area (Å²) < 4.78 is 5.21. The number of nitrogens with zero attached hydrogens (tertiary/aromatic N) is 2. The summed E-state index contributed by atoms with van der Waals surface area (Å²) in [6.45, 7) is 5.40. The first kappa shape index (κ1) is 16.8. The number of amidine groups is 1. The van der Waals surface area contributed by atoms with Gasteiger partial charge >= 0.3 is 5.97 Å². The van der Waals surface area contributed by atoms with Crippen LogP contribution in [0.15, 0.2) is 53.2 Å². The smallest absolute Gasteiger partial charge is 0.338 e. The Hall–Kier alpha value is -2.05. The zero-order valence-electron chi connectivity index (χ0n) is 13.0. The van der Waals surface area contributed by atoms with Gasteiger partial charge in [0.2, 0.25) is 5.91 Å². The second-order valence-electron chi connectivity index (χ2n) is 5.29. The first-order valence-electron chi connectivity index (χ1n) is 7.30. The molecule has 24 heavy (non-hydrogen) atoms. The summed E-state index contributed by atoms with van der Waals surface area (Å²) in [6.07, 6.45) is 1.50. The van der Waals surface area contributed by atoms with Gasteiger partial charge in [-0.15, -0.1) is 0 Å². The zero-order valence-corrected chi connectivity index (χ0v) is 14.6. The Morgan fingerprint density at radius 1 is 1.50 bits per heavy atom. The van der Waals surface area contributed by atoms with Crippen LogP contribution in [0.2, 0.25) is 5.02 Å². The number of aliphatic imine (C=N–C) groups is 1. The van der Waals surface area contributed by atoms with E-state index < -0.39 is 12.0 Å². The lowest BCUT2D eigenvalue weighted by Gasteiger charge is -2.32. The molecule has 1 saturated heterocycles. The van der Waals surface area contributed by atoms with Crippen molar-refractivity contribution in [3.05, 3.63) is 58.8 Å². The molecule has 0 saturated carbocycles. The molecule has 0 aliphatic carbocycles. The molecule has 2 heterocycles. The quantitative estimate of drug-likeness (QED) is 0.609. The summed E-state index contributed by atoms with van der Waals surface area (Å²) in [7, 11) is 0. The Bertz CT molecular complexity index is 771. The highest BCUT2D eigenvalue weighted by molar-refractivity contribution is 8.15. The van der Waals surface area contributed by atoms with Crippen LogP contribution in [-0.2, 0) is 14.3 Å². The van der Waals surface area contributed by atoms with E-state index in [0.29, 0.717) is 27.2 Å². The van der Waals surface area contributed by atoms with E-state index in [4.69, 9.17) is 16.3 Å². The van der Waals surface area contributed by atoms with Crippen LogP contribution < -0.4 is 0 Å². The fourth-order valence-corrected chi connectivity index (χ4v) is 3.74. The van der Waals surface area contributed by atoms with Gasteiger partial charge in [-0.3, -0.25) is 9.69 Å². The SMILES string of the molecule is C=CCOC(=O)C1=C(C)N=C2SCC(=O)N2C1c1ccc(Cl)cc1. The molecule has 0 bridgehead atoms. The van der Waals surface area contributed by atoms with E-state index in [1.54, 1.807) is 36.1 Å². The third-order valence-electron chi connectivity index (χ3n) is 3.72. The lowest BCUT2D eigenvalue weighted by atomic mass is 9.94. The molecule has 1 fully saturated rings. The fraction of sp³-hybridized carbons (Fsp3) is 0.235. The number of carbonyl (C=O) groups is 2. The number of esters is 1. The Morgan fingerprint density at radius 2 is 2.21 bits per heavy atom. The van der Waals surface area contributed by atoms with Crippen molar-refractivity contribution in [1.82, 2.24) is 4.90 Å². The van der Waals surface area contributed by atoms with Crippen LogP contribution in [0.4, 0.5) is 0 Å². The van der Waals surface area contributed by atoms with E-state index in [0.717, 1.165) is 5.56 Å². The van der Waals surface area contributed by atoms with E-state index in [-0.39, 0.29) is 12.5 Å². The molecule has 124 valence electrons. The summed E-state index contributed by atoms with van der Waals surface area (Å²) in [4.78, 5) is 30.9. The van der Waals surface area contributed by atoms with Crippen LogP contribution in [0.25, 0.3) is 0 Å². The van der Waals surface area contributed by atoms with Gasteiger partial charge < -0.3 is 4.74 Å². The number of allylic oxidation sites excluding steroid dienone is 1. The number of ether oxygens (including phenoxy) is 1. The number of benzene rings is 1.